The molecule has 0 fully saturated rings. The molecule has 4 aromatic rings. The third-order valence-electron chi connectivity index (χ3n) is 3.48. The first kappa shape index (κ1) is 21.3. The van der Waals surface area contributed by atoms with Gasteiger partial charge in [-0.15, -0.1) is 0 Å². The van der Waals surface area contributed by atoms with Gasteiger partial charge in [-0.25, -0.2) is 24.7 Å². The van der Waals surface area contributed by atoms with E-state index >= 15 is 0 Å². The van der Waals surface area contributed by atoms with Crippen LogP contribution < -0.4 is 0 Å². The van der Waals surface area contributed by atoms with Crippen molar-refractivity contribution in [2.45, 2.75) is 12.5 Å². The fourth-order valence-electron chi connectivity index (χ4n) is 2.10. The summed E-state index contributed by atoms with van der Waals surface area (Å²) in [6.07, 6.45) is 4.19. The minimum atomic E-state index is -1.79. The van der Waals surface area contributed by atoms with Crippen molar-refractivity contribution in [2.24, 2.45) is 0 Å². The number of rotatable bonds is 3. The van der Waals surface area contributed by atoms with Crippen molar-refractivity contribution < 1.29 is 24.9 Å². The largest absolute Gasteiger partial charge is 0.481 e. The molecule has 0 saturated heterocycles. The maximum absolute atomic E-state index is 9.72. The quantitative estimate of drug-likeness (QED) is 0.475. The standard InChI is InChI=1S/2C8H6N2.C4H6O5/c2*1-2-4-8-7(3-1)5-9-6-10-8;5-2(4(8)9)1-3(6)7/h2*1-6H;2,5H,1H2,(H,6,7)(H,8,9). The number of hydrogen-bond donors (Lipinski definition) is 3. The molecule has 9 heteroatoms. The predicted molar refractivity (Wildman–Crippen MR) is 105 cm³/mol. The number of benzene rings is 2. The lowest BCUT2D eigenvalue weighted by atomic mass is 10.2. The normalized spacial score (nSPS) is 10.8. The van der Waals surface area contributed by atoms with Gasteiger partial charge in [-0.1, -0.05) is 36.4 Å². The predicted octanol–water partition coefficient (Wildman–Crippen LogP) is 2.17. The summed E-state index contributed by atoms with van der Waals surface area (Å²) in [6.45, 7) is 0. The number of carboxylic acid groups (broad SMARTS) is 2. The number of carboxylic acids is 2. The van der Waals surface area contributed by atoms with Crippen molar-refractivity contribution in [3.63, 3.8) is 0 Å². The van der Waals surface area contributed by atoms with Crippen LogP contribution in [-0.4, -0.2) is 53.3 Å². The summed E-state index contributed by atoms with van der Waals surface area (Å²) in [7, 11) is 0. The molecule has 2 heterocycles. The molecular formula is C20H18N4O5. The zero-order valence-electron chi connectivity index (χ0n) is 15.2. The number of aliphatic hydroxyl groups is 1. The molecule has 0 amide bonds. The van der Waals surface area contributed by atoms with E-state index in [1.165, 1.54) is 0 Å². The molecule has 0 radical (unpaired) electrons. The highest BCUT2D eigenvalue weighted by molar-refractivity contribution is 5.79. The Morgan fingerprint density at radius 2 is 1.24 bits per heavy atom. The van der Waals surface area contributed by atoms with Gasteiger partial charge in [0.2, 0.25) is 0 Å². The van der Waals surface area contributed by atoms with Gasteiger partial charge in [-0.05, 0) is 12.1 Å². The average molecular weight is 394 g/mol. The Labute approximate surface area is 165 Å². The third kappa shape index (κ3) is 7.27. The minimum absolute atomic E-state index is 0.755. The van der Waals surface area contributed by atoms with Crippen LogP contribution in [0.5, 0.6) is 0 Å². The topological polar surface area (TPSA) is 146 Å². The Balaban J connectivity index is 0.000000156. The molecule has 9 nitrogen and oxygen atoms in total. The summed E-state index contributed by atoms with van der Waals surface area (Å²) in [5.41, 5.74) is 2.00. The fourth-order valence-corrected chi connectivity index (χ4v) is 2.10. The summed E-state index contributed by atoms with van der Waals surface area (Å²) in [6, 6.07) is 15.8. The lowest BCUT2D eigenvalue weighted by Crippen LogP contribution is -2.22. The molecule has 0 spiro atoms. The molecule has 0 aliphatic carbocycles. The second kappa shape index (κ2) is 11.0. The van der Waals surface area contributed by atoms with Gasteiger partial charge in [-0.2, -0.15) is 0 Å². The SMILES string of the molecule is O=C(O)CC(O)C(=O)O.c1ccc2ncncc2c1.c1ccc2ncncc2c1. The molecule has 0 aliphatic heterocycles. The molecule has 0 saturated carbocycles. The number of aliphatic carboxylic acids is 2. The van der Waals surface area contributed by atoms with Crippen LogP contribution in [0.3, 0.4) is 0 Å². The van der Waals surface area contributed by atoms with Crippen molar-refractivity contribution in [1.29, 1.82) is 0 Å². The van der Waals surface area contributed by atoms with Gasteiger partial charge in [0.15, 0.2) is 6.10 Å². The van der Waals surface area contributed by atoms with Crippen LogP contribution in [-0.2, 0) is 9.59 Å². The number of hydrogen-bond acceptors (Lipinski definition) is 7. The highest BCUT2D eigenvalue weighted by atomic mass is 16.4. The maximum Gasteiger partial charge on any atom is 0.333 e. The number of fused-ring (bicyclic) bond motifs is 2. The molecular weight excluding hydrogens is 376 g/mol. The summed E-state index contributed by atoms with van der Waals surface area (Å²) in [4.78, 5) is 35.4. The van der Waals surface area contributed by atoms with Gasteiger partial charge in [0.25, 0.3) is 0 Å². The fraction of sp³-hybridized carbons (Fsp3) is 0.100. The molecule has 1 atom stereocenters. The highest BCUT2D eigenvalue weighted by Crippen LogP contribution is 2.07. The number of para-hydroxylation sites is 2. The van der Waals surface area contributed by atoms with E-state index in [4.69, 9.17) is 15.3 Å². The Hall–Kier alpha value is -3.98. The maximum atomic E-state index is 9.72. The molecule has 29 heavy (non-hydrogen) atoms. The first-order valence-corrected chi connectivity index (χ1v) is 8.39. The van der Waals surface area contributed by atoms with E-state index in [1.54, 1.807) is 12.7 Å². The Morgan fingerprint density at radius 1 is 0.793 bits per heavy atom. The average Bonchev–Trinajstić information content (AvgIpc) is 2.74. The van der Waals surface area contributed by atoms with Gasteiger partial charge in [0.1, 0.15) is 12.7 Å². The van der Waals surface area contributed by atoms with E-state index in [1.807, 2.05) is 60.9 Å². The van der Waals surface area contributed by atoms with Crippen LogP contribution in [0.1, 0.15) is 6.42 Å². The summed E-state index contributed by atoms with van der Waals surface area (Å²) >= 11 is 0. The molecule has 1 unspecified atom stereocenters. The van der Waals surface area contributed by atoms with Crippen LogP contribution in [0.25, 0.3) is 21.8 Å². The summed E-state index contributed by atoms with van der Waals surface area (Å²) < 4.78 is 0. The lowest BCUT2D eigenvalue weighted by molar-refractivity contribution is -0.152. The highest BCUT2D eigenvalue weighted by Gasteiger charge is 2.16. The van der Waals surface area contributed by atoms with Gasteiger partial charge in [-0.3, -0.25) is 4.79 Å². The Bertz CT molecular complexity index is 888. The molecule has 4 rings (SSSR count). The number of carbonyl (C=O) groups is 2. The molecule has 148 valence electrons. The van der Waals surface area contributed by atoms with Gasteiger partial charge in [0.05, 0.1) is 17.5 Å². The van der Waals surface area contributed by atoms with Crippen molar-refractivity contribution in [3.05, 3.63) is 73.6 Å². The minimum Gasteiger partial charge on any atom is -0.481 e. The van der Waals surface area contributed by atoms with E-state index in [-0.39, 0.29) is 0 Å². The van der Waals surface area contributed by atoms with Crippen molar-refractivity contribution in [1.82, 2.24) is 19.9 Å². The smallest absolute Gasteiger partial charge is 0.333 e. The molecule has 2 aromatic heterocycles. The lowest BCUT2D eigenvalue weighted by Gasteiger charge is -1.97. The van der Waals surface area contributed by atoms with E-state index in [0.29, 0.717) is 0 Å². The number of aliphatic hydroxyl groups excluding tert-OH is 1. The molecule has 0 aliphatic rings. The summed E-state index contributed by atoms with van der Waals surface area (Å²) in [5, 5.41) is 26.3. The zero-order valence-corrected chi connectivity index (χ0v) is 15.2. The molecule has 2 aromatic carbocycles. The monoisotopic (exact) mass is 394 g/mol. The van der Waals surface area contributed by atoms with Crippen LogP contribution >= 0.6 is 0 Å². The van der Waals surface area contributed by atoms with E-state index in [0.717, 1.165) is 21.8 Å². The number of nitrogens with zero attached hydrogens (tertiary/aromatic N) is 4. The van der Waals surface area contributed by atoms with E-state index in [2.05, 4.69) is 19.9 Å². The van der Waals surface area contributed by atoms with Gasteiger partial charge >= 0.3 is 11.9 Å². The third-order valence-corrected chi connectivity index (χ3v) is 3.48. The van der Waals surface area contributed by atoms with E-state index < -0.39 is 24.5 Å². The van der Waals surface area contributed by atoms with Crippen LogP contribution in [0, 0.1) is 0 Å². The van der Waals surface area contributed by atoms with Crippen molar-refractivity contribution >= 4 is 33.7 Å². The second-order valence-corrected chi connectivity index (χ2v) is 5.62. The second-order valence-electron chi connectivity index (χ2n) is 5.62. The first-order valence-electron chi connectivity index (χ1n) is 8.39. The Morgan fingerprint density at radius 3 is 1.59 bits per heavy atom. The van der Waals surface area contributed by atoms with E-state index in [9.17, 15) is 9.59 Å². The van der Waals surface area contributed by atoms with Crippen LogP contribution in [0.4, 0.5) is 0 Å². The van der Waals surface area contributed by atoms with Gasteiger partial charge < -0.3 is 15.3 Å². The Kier molecular flexibility index (Phi) is 8.09. The zero-order chi connectivity index (χ0) is 21.1. The number of aromatic nitrogens is 4. The molecule has 3 N–H and O–H groups in total. The van der Waals surface area contributed by atoms with Gasteiger partial charge in [0, 0.05) is 23.2 Å². The molecule has 0 bridgehead atoms. The summed E-state index contributed by atoms with van der Waals surface area (Å²) in [5.74, 6) is -2.85. The van der Waals surface area contributed by atoms with Crippen LogP contribution in [0.2, 0.25) is 0 Å². The van der Waals surface area contributed by atoms with Crippen molar-refractivity contribution in [3.8, 4) is 0 Å². The first-order chi connectivity index (χ1) is 14.0. The van der Waals surface area contributed by atoms with Crippen molar-refractivity contribution in [2.75, 3.05) is 0 Å². The van der Waals surface area contributed by atoms with Crippen LogP contribution in [0.15, 0.2) is 73.6 Å².